The van der Waals surface area contributed by atoms with Crippen molar-refractivity contribution >= 4 is 39.8 Å². The molecule has 1 N–H and O–H groups in total. The van der Waals surface area contributed by atoms with Crippen LogP contribution in [0.25, 0.3) is 5.65 Å². The van der Waals surface area contributed by atoms with Crippen LogP contribution in [0, 0.1) is 3.57 Å². The van der Waals surface area contributed by atoms with E-state index in [-0.39, 0.29) is 5.91 Å². The van der Waals surface area contributed by atoms with Gasteiger partial charge in [0.15, 0.2) is 0 Å². The quantitative estimate of drug-likeness (QED) is 0.711. The number of imidazole rings is 1. The maximum Gasteiger partial charge on any atom is 0.275 e. The van der Waals surface area contributed by atoms with Crippen LogP contribution >= 0.6 is 22.6 Å². The Morgan fingerprint density at radius 3 is 2.68 bits per heavy atom. The maximum absolute atomic E-state index is 12.1. The molecule has 19 heavy (non-hydrogen) atoms. The van der Waals surface area contributed by atoms with Crippen molar-refractivity contribution in [2.45, 2.75) is 0 Å². The number of anilines is 1. The minimum atomic E-state index is -0.204. The van der Waals surface area contributed by atoms with Gasteiger partial charge < -0.3 is 9.72 Å². The number of aromatic nitrogens is 2. The molecule has 0 unspecified atom stereocenters. The van der Waals surface area contributed by atoms with Crippen molar-refractivity contribution in [3.8, 4) is 0 Å². The SMILES string of the molecule is O=C(Nc1ccc(I)cc1)c1cn2ccccc2n1. The first-order valence-corrected chi connectivity index (χ1v) is 6.81. The molecule has 2 aromatic heterocycles. The van der Waals surface area contributed by atoms with Crippen LogP contribution < -0.4 is 5.32 Å². The van der Waals surface area contributed by atoms with Crippen molar-refractivity contribution in [2.24, 2.45) is 0 Å². The first-order valence-electron chi connectivity index (χ1n) is 5.73. The van der Waals surface area contributed by atoms with Gasteiger partial charge >= 0.3 is 0 Å². The molecule has 0 saturated heterocycles. The predicted molar refractivity (Wildman–Crippen MR) is 82.3 cm³/mol. The zero-order chi connectivity index (χ0) is 13.2. The third kappa shape index (κ3) is 2.60. The highest BCUT2D eigenvalue weighted by Crippen LogP contribution is 2.13. The zero-order valence-corrected chi connectivity index (χ0v) is 12.0. The van der Waals surface area contributed by atoms with Crippen molar-refractivity contribution < 1.29 is 4.79 Å². The summed E-state index contributed by atoms with van der Waals surface area (Å²) in [5.74, 6) is -0.204. The Morgan fingerprint density at radius 1 is 1.16 bits per heavy atom. The van der Waals surface area contributed by atoms with E-state index in [4.69, 9.17) is 0 Å². The van der Waals surface area contributed by atoms with Gasteiger partial charge in [-0.1, -0.05) is 6.07 Å². The topological polar surface area (TPSA) is 46.4 Å². The molecule has 0 atom stereocenters. The molecule has 0 bridgehead atoms. The second kappa shape index (κ2) is 5.00. The summed E-state index contributed by atoms with van der Waals surface area (Å²) in [6.07, 6.45) is 3.58. The average Bonchev–Trinajstić information content (AvgIpc) is 2.85. The lowest BCUT2D eigenvalue weighted by Crippen LogP contribution is -2.12. The number of carbonyl (C=O) groups excluding carboxylic acids is 1. The van der Waals surface area contributed by atoms with E-state index in [1.54, 1.807) is 6.20 Å². The van der Waals surface area contributed by atoms with Crippen molar-refractivity contribution in [1.29, 1.82) is 0 Å². The second-order valence-corrected chi connectivity index (χ2v) is 5.30. The second-order valence-electron chi connectivity index (χ2n) is 4.05. The molecule has 0 spiro atoms. The molecule has 0 aliphatic heterocycles. The Balaban J connectivity index is 1.85. The summed E-state index contributed by atoms with van der Waals surface area (Å²) in [5, 5.41) is 2.83. The lowest BCUT2D eigenvalue weighted by atomic mass is 10.3. The Morgan fingerprint density at radius 2 is 1.95 bits per heavy atom. The summed E-state index contributed by atoms with van der Waals surface area (Å²) in [7, 11) is 0. The van der Waals surface area contributed by atoms with E-state index < -0.39 is 0 Å². The molecular formula is C14H10IN3O. The van der Waals surface area contributed by atoms with Crippen molar-refractivity contribution in [1.82, 2.24) is 9.38 Å². The molecule has 0 fully saturated rings. The number of nitrogens with zero attached hydrogens (tertiary/aromatic N) is 2. The van der Waals surface area contributed by atoms with Gasteiger partial charge in [-0.3, -0.25) is 4.79 Å². The number of fused-ring (bicyclic) bond motifs is 1. The normalized spacial score (nSPS) is 10.6. The third-order valence-electron chi connectivity index (χ3n) is 2.70. The van der Waals surface area contributed by atoms with Crippen LogP contribution in [0.2, 0.25) is 0 Å². The number of benzene rings is 1. The molecule has 1 aromatic carbocycles. The van der Waals surface area contributed by atoms with E-state index in [0.717, 1.165) is 14.9 Å². The number of rotatable bonds is 2. The summed E-state index contributed by atoms with van der Waals surface area (Å²) in [5.41, 5.74) is 1.93. The molecule has 0 aliphatic carbocycles. The van der Waals surface area contributed by atoms with Gasteiger partial charge in [-0.05, 0) is 59.0 Å². The smallest absolute Gasteiger partial charge is 0.275 e. The standard InChI is InChI=1S/C14H10IN3O/c15-10-4-6-11(7-5-10)16-14(19)12-9-18-8-2-1-3-13(18)17-12/h1-9H,(H,16,19). The number of pyridine rings is 1. The van der Waals surface area contributed by atoms with Crippen LogP contribution in [-0.4, -0.2) is 15.3 Å². The summed E-state index contributed by atoms with van der Waals surface area (Å²) in [6.45, 7) is 0. The van der Waals surface area contributed by atoms with Crippen LogP contribution in [0.15, 0.2) is 54.9 Å². The Labute approximate surface area is 123 Å². The van der Waals surface area contributed by atoms with Crippen LogP contribution in [0.4, 0.5) is 5.69 Å². The van der Waals surface area contributed by atoms with Crippen molar-refractivity contribution in [3.05, 3.63) is 64.1 Å². The predicted octanol–water partition coefficient (Wildman–Crippen LogP) is 3.19. The van der Waals surface area contributed by atoms with E-state index in [2.05, 4.69) is 32.9 Å². The number of amides is 1. The number of nitrogens with one attached hydrogen (secondary N) is 1. The third-order valence-corrected chi connectivity index (χ3v) is 3.42. The first-order chi connectivity index (χ1) is 9.22. The molecular weight excluding hydrogens is 353 g/mol. The highest BCUT2D eigenvalue weighted by Gasteiger charge is 2.10. The van der Waals surface area contributed by atoms with Gasteiger partial charge in [0.1, 0.15) is 11.3 Å². The monoisotopic (exact) mass is 363 g/mol. The summed E-state index contributed by atoms with van der Waals surface area (Å²) < 4.78 is 2.95. The van der Waals surface area contributed by atoms with E-state index in [9.17, 15) is 4.79 Å². The highest BCUT2D eigenvalue weighted by molar-refractivity contribution is 14.1. The number of hydrogen-bond donors (Lipinski definition) is 1. The van der Waals surface area contributed by atoms with E-state index >= 15 is 0 Å². The minimum Gasteiger partial charge on any atom is -0.321 e. The summed E-state index contributed by atoms with van der Waals surface area (Å²) >= 11 is 2.22. The largest absolute Gasteiger partial charge is 0.321 e. The average molecular weight is 363 g/mol. The molecule has 3 rings (SSSR count). The molecule has 3 aromatic rings. The lowest BCUT2D eigenvalue weighted by molar-refractivity contribution is 0.102. The Hall–Kier alpha value is -1.89. The summed E-state index contributed by atoms with van der Waals surface area (Å²) in [6, 6.07) is 13.3. The number of hydrogen-bond acceptors (Lipinski definition) is 2. The minimum absolute atomic E-state index is 0.204. The fourth-order valence-electron chi connectivity index (χ4n) is 1.77. The van der Waals surface area contributed by atoms with Crippen molar-refractivity contribution in [3.63, 3.8) is 0 Å². The fourth-order valence-corrected chi connectivity index (χ4v) is 2.13. The molecule has 0 saturated carbocycles. The molecule has 5 heteroatoms. The number of carbonyl (C=O) groups is 1. The molecule has 2 heterocycles. The summed E-state index contributed by atoms with van der Waals surface area (Å²) in [4.78, 5) is 16.4. The molecule has 4 nitrogen and oxygen atoms in total. The van der Waals surface area contributed by atoms with Crippen LogP contribution in [0.1, 0.15) is 10.5 Å². The molecule has 1 amide bonds. The van der Waals surface area contributed by atoms with Gasteiger partial charge in [0, 0.05) is 21.7 Å². The van der Waals surface area contributed by atoms with Gasteiger partial charge in [-0.15, -0.1) is 0 Å². The van der Waals surface area contributed by atoms with Crippen molar-refractivity contribution in [2.75, 3.05) is 5.32 Å². The molecule has 0 aliphatic rings. The fraction of sp³-hybridized carbons (Fsp3) is 0. The van der Waals surface area contributed by atoms with Gasteiger partial charge in [0.25, 0.3) is 5.91 Å². The molecule has 0 radical (unpaired) electrons. The van der Waals surface area contributed by atoms with E-state index in [0.29, 0.717) is 5.69 Å². The van der Waals surface area contributed by atoms with E-state index in [1.807, 2.05) is 53.1 Å². The van der Waals surface area contributed by atoms with Gasteiger partial charge in [0.05, 0.1) is 0 Å². The first kappa shape index (κ1) is 12.2. The van der Waals surface area contributed by atoms with Gasteiger partial charge in [0.2, 0.25) is 0 Å². The Bertz CT molecular complexity index is 701. The van der Waals surface area contributed by atoms with Crippen LogP contribution in [0.5, 0.6) is 0 Å². The van der Waals surface area contributed by atoms with E-state index in [1.165, 1.54) is 0 Å². The van der Waals surface area contributed by atoms with Crippen LogP contribution in [-0.2, 0) is 0 Å². The molecule has 94 valence electrons. The van der Waals surface area contributed by atoms with Gasteiger partial charge in [-0.25, -0.2) is 4.98 Å². The Kier molecular flexibility index (Phi) is 3.20. The zero-order valence-electron chi connectivity index (χ0n) is 9.88. The van der Waals surface area contributed by atoms with Gasteiger partial charge in [-0.2, -0.15) is 0 Å². The van der Waals surface area contributed by atoms with Crippen LogP contribution in [0.3, 0.4) is 0 Å². The number of halogens is 1. The lowest BCUT2D eigenvalue weighted by Gasteiger charge is -2.02. The highest BCUT2D eigenvalue weighted by atomic mass is 127. The maximum atomic E-state index is 12.1.